The minimum absolute atomic E-state index is 0.571. The Morgan fingerprint density at radius 3 is 2.80 bits per heavy atom. The number of benzene rings is 1. The van der Waals surface area contributed by atoms with Crippen LogP contribution in [0.1, 0.15) is 11.4 Å². The second-order valence-electron chi connectivity index (χ2n) is 3.11. The summed E-state index contributed by atoms with van der Waals surface area (Å²) in [5.74, 6) is 0. The summed E-state index contributed by atoms with van der Waals surface area (Å²) in [5, 5.41) is 9.01. The maximum absolute atomic E-state index is 9.01. The minimum atomic E-state index is 0.571. The highest BCUT2D eigenvalue weighted by Crippen LogP contribution is 2.22. The summed E-state index contributed by atoms with van der Waals surface area (Å²) in [6, 6.07) is 9.88. The van der Waals surface area contributed by atoms with Gasteiger partial charge in [0.05, 0.1) is 11.4 Å². The van der Waals surface area contributed by atoms with Crippen LogP contribution in [0, 0.1) is 18.3 Å². The molecule has 1 aromatic carbocycles. The molecule has 0 N–H and O–H groups in total. The molecule has 3 nitrogen and oxygen atoms in total. The monoisotopic (exact) mass is 261 g/mol. The number of hydrogen-bond acceptors (Lipinski definition) is 2. The third-order valence-corrected chi connectivity index (χ3v) is 2.84. The highest BCUT2D eigenvalue weighted by molar-refractivity contribution is 9.10. The molecule has 0 spiro atoms. The van der Waals surface area contributed by atoms with Gasteiger partial charge in [0.25, 0.3) is 0 Å². The normalized spacial score (nSPS) is 9.93. The van der Waals surface area contributed by atoms with Crippen LogP contribution in [-0.4, -0.2) is 9.55 Å². The zero-order valence-corrected chi connectivity index (χ0v) is 9.69. The molecule has 15 heavy (non-hydrogen) atoms. The molecule has 0 aliphatic heterocycles. The second kappa shape index (κ2) is 3.87. The van der Waals surface area contributed by atoms with Crippen molar-refractivity contribution in [1.29, 1.82) is 5.26 Å². The van der Waals surface area contributed by atoms with Crippen molar-refractivity contribution >= 4 is 15.9 Å². The molecule has 0 aliphatic carbocycles. The molecule has 74 valence electrons. The Morgan fingerprint density at radius 2 is 2.13 bits per heavy atom. The predicted molar refractivity (Wildman–Crippen MR) is 60.7 cm³/mol. The molecule has 0 saturated carbocycles. The average molecular weight is 262 g/mol. The SMILES string of the molecule is Cc1ncn(-c2ccccc2Br)c1C#N. The van der Waals surface area contributed by atoms with E-state index in [1.165, 1.54) is 0 Å². The van der Waals surface area contributed by atoms with E-state index in [1.807, 2.05) is 31.2 Å². The number of para-hydroxylation sites is 1. The van der Waals surface area contributed by atoms with Gasteiger partial charge in [0.2, 0.25) is 0 Å². The van der Waals surface area contributed by atoms with Gasteiger partial charge in [0.1, 0.15) is 18.1 Å². The molecule has 2 aromatic rings. The number of nitrogens with zero attached hydrogens (tertiary/aromatic N) is 3. The smallest absolute Gasteiger partial charge is 0.147 e. The predicted octanol–water partition coefficient (Wildman–Crippen LogP) is 2.81. The zero-order chi connectivity index (χ0) is 10.8. The lowest BCUT2D eigenvalue weighted by atomic mass is 10.3. The third-order valence-electron chi connectivity index (χ3n) is 2.17. The highest BCUT2D eigenvalue weighted by atomic mass is 79.9. The molecule has 0 radical (unpaired) electrons. The first-order chi connectivity index (χ1) is 7.24. The Balaban J connectivity index is 2.66. The number of halogens is 1. The lowest BCUT2D eigenvalue weighted by molar-refractivity contribution is 1.03. The Labute approximate surface area is 96.1 Å². The van der Waals surface area contributed by atoms with Crippen LogP contribution < -0.4 is 0 Å². The van der Waals surface area contributed by atoms with E-state index in [0.29, 0.717) is 5.69 Å². The molecule has 0 bridgehead atoms. The number of nitriles is 1. The molecular weight excluding hydrogens is 254 g/mol. The summed E-state index contributed by atoms with van der Waals surface area (Å²) in [6.07, 6.45) is 1.66. The molecule has 1 aromatic heterocycles. The number of hydrogen-bond donors (Lipinski definition) is 0. The van der Waals surface area contributed by atoms with Gasteiger partial charge in [-0.25, -0.2) is 4.98 Å². The van der Waals surface area contributed by atoms with Gasteiger partial charge in [-0.1, -0.05) is 12.1 Å². The summed E-state index contributed by atoms with van der Waals surface area (Å²) in [7, 11) is 0. The summed E-state index contributed by atoms with van der Waals surface area (Å²) in [5.41, 5.74) is 2.24. The molecule has 0 aliphatic rings. The van der Waals surface area contributed by atoms with Crippen LogP contribution in [0.2, 0.25) is 0 Å². The summed E-state index contributed by atoms with van der Waals surface area (Å²) < 4.78 is 2.72. The van der Waals surface area contributed by atoms with E-state index in [-0.39, 0.29) is 0 Å². The first kappa shape index (κ1) is 9.94. The van der Waals surface area contributed by atoms with Crippen molar-refractivity contribution in [3.8, 4) is 11.8 Å². The third kappa shape index (κ3) is 1.66. The zero-order valence-electron chi connectivity index (χ0n) is 8.11. The standard InChI is InChI=1S/C11H8BrN3/c1-8-11(6-13)15(7-14-8)10-5-3-2-4-9(10)12/h2-5,7H,1H3. The van der Waals surface area contributed by atoms with Gasteiger partial charge >= 0.3 is 0 Å². The van der Waals surface area contributed by atoms with Crippen molar-refractivity contribution in [3.63, 3.8) is 0 Å². The highest BCUT2D eigenvalue weighted by Gasteiger charge is 2.09. The van der Waals surface area contributed by atoms with E-state index < -0.39 is 0 Å². The van der Waals surface area contributed by atoms with Crippen LogP contribution in [0.15, 0.2) is 35.1 Å². The number of aromatic nitrogens is 2. The van der Waals surface area contributed by atoms with Gasteiger partial charge in [-0.05, 0) is 35.0 Å². The van der Waals surface area contributed by atoms with Crippen LogP contribution >= 0.6 is 15.9 Å². The van der Waals surface area contributed by atoms with Gasteiger partial charge in [0, 0.05) is 4.47 Å². The number of imidazole rings is 1. The molecule has 2 rings (SSSR count). The fourth-order valence-electron chi connectivity index (χ4n) is 1.40. The fourth-order valence-corrected chi connectivity index (χ4v) is 1.88. The van der Waals surface area contributed by atoms with Crippen LogP contribution in [0.5, 0.6) is 0 Å². The Morgan fingerprint density at radius 1 is 1.40 bits per heavy atom. The summed E-state index contributed by atoms with van der Waals surface area (Å²) in [6.45, 7) is 1.83. The average Bonchev–Trinajstić information content (AvgIpc) is 2.60. The van der Waals surface area contributed by atoms with Crippen molar-refractivity contribution in [1.82, 2.24) is 9.55 Å². The van der Waals surface area contributed by atoms with Crippen LogP contribution in [0.25, 0.3) is 5.69 Å². The molecule has 0 atom stereocenters. The number of rotatable bonds is 1. The molecule has 1 heterocycles. The minimum Gasteiger partial charge on any atom is -0.289 e. The maximum Gasteiger partial charge on any atom is 0.147 e. The summed E-state index contributed by atoms with van der Waals surface area (Å²) >= 11 is 3.45. The van der Waals surface area contributed by atoms with E-state index in [1.54, 1.807) is 10.9 Å². The van der Waals surface area contributed by atoms with Crippen LogP contribution in [-0.2, 0) is 0 Å². The topological polar surface area (TPSA) is 41.6 Å². The van der Waals surface area contributed by atoms with Gasteiger partial charge in [-0.15, -0.1) is 0 Å². The fraction of sp³-hybridized carbons (Fsp3) is 0.0909. The lowest BCUT2D eigenvalue weighted by Crippen LogP contribution is -1.96. The quantitative estimate of drug-likeness (QED) is 0.792. The van der Waals surface area contributed by atoms with Crippen molar-refractivity contribution in [2.75, 3.05) is 0 Å². The maximum atomic E-state index is 9.01. The molecule has 0 amide bonds. The van der Waals surface area contributed by atoms with Gasteiger partial charge < -0.3 is 0 Å². The van der Waals surface area contributed by atoms with Gasteiger partial charge in [-0.3, -0.25) is 4.57 Å². The van der Waals surface area contributed by atoms with E-state index in [4.69, 9.17) is 5.26 Å². The first-order valence-corrected chi connectivity index (χ1v) is 5.22. The largest absolute Gasteiger partial charge is 0.289 e. The van der Waals surface area contributed by atoms with E-state index in [0.717, 1.165) is 15.9 Å². The summed E-state index contributed by atoms with van der Waals surface area (Å²) in [4.78, 5) is 4.12. The van der Waals surface area contributed by atoms with Crippen molar-refractivity contribution < 1.29 is 0 Å². The Hall–Kier alpha value is -1.60. The lowest BCUT2D eigenvalue weighted by Gasteiger charge is -2.05. The second-order valence-corrected chi connectivity index (χ2v) is 3.97. The number of aryl methyl sites for hydroxylation is 1. The van der Waals surface area contributed by atoms with Crippen molar-refractivity contribution in [2.45, 2.75) is 6.92 Å². The van der Waals surface area contributed by atoms with Gasteiger partial charge in [-0.2, -0.15) is 5.26 Å². The van der Waals surface area contributed by atoms with E-state index in [9.17, 15) is 0 Å². The van der Waals surface area contributed by atoms with Gasteiger partial charge in [0.15, 0.2) is 0 Å². The Kier molecular flexibility index (Phi) is 2.57. The first-order valence-electron chi connectivity index (χ1n) is 4.43. The van der Waals surface area contributed by atoms with E-state index in [2.05, 4.69) is 27.0 Å². The molecule has 0 unspecified atom stereocenters. The molecule has 0 fully saturated rings. The van der Waals surface area contributed by atoms with Crippen molar-refractivity contribution in [2.24, 2.45) is 0 Å². The van der Waals surface area contributed by atoms with Crippen molar-refractivity contribution in [3.05, 3.63) is 46.5 Å². The van der Waals surface area contributed by atoms with Crippen LogP contribution in [0.4, 0.5) is 0 Å². The molecule has 0 saturated heterocycles. The molecule has 4 heteroatoms. The van der Waals surface area contributed by atoms with Crippen LogP contribution in [0.3, 0.4) is 0 Å². The molecular formula is C11H8BrN3. The Bertz CT molecular complexity index is 537. The van der Waals surface area contributed by atoms with E-state index >= 15 is 0 Å².